The summed E-state index contributed by atoms with van der Waals surface area (Å²) in [7, 11) is 1.60. The molecule has 0 aliphatic heterocycles. The molecular weight excluding hydrogens is 258 g/mol. The summed E-state index contributed by atoms with van der Waals surface area (Å²) < 4.78 is 5.00. The molecule has 0 saturated heterocycles. The molecule has 1 amide bonds. The molecule has 1 unspecified atom stereocenters. The van der Waals surface area contributed by atoms with Crippen molar-refractivity contribution in [3.05, 3.63) is 29.3 Å². The first kappa shape index (κ1) is 16.0. The minimum atomic E-state index is -0.132. The average molecular weight is 279 g/mol. The number of amides is 1. The number of anilines is 1. The van der Waals surface area contributed by atoms with E-state index in [1.807, 2.05) is 19.9 Å². The molecule has 110 valence electrons. The summed E-state index contributed by atoms with van der Waals surface area (Å²) in [6, 6.07) is 5.35. The minimum Gasteiger partial charge on any atom is -0.409 e. The normalized spacial score (nSPS) is 13.1. The Hall–Kier alpha value is -2.08. The molecule has 1 aromatic carbocycles. The van der Waals surface area contributed by atoms with Gasteiger partial charge in [0.25, 0.3) is 0 Å². The summed E-state index contributed by atoms with van der Waals surface area (Å²) in [5, 5.41) is 14.6. The Kier molecular flexibility index (Phi) is 5.99. The van der Waals surface area contributed by atoms with E-state index < -0.39 is 0 Å². The Morgan fingerprint density at radius 3 is 2.85 bits per heavy atom. The van der Waals surface area contributed by atoms with Crippen LogP contribution in [0.5, 0.6) is 0 Å². The lowest BCUT2D eigenvalue weighted by Gasteiger charge is -2.14. The van der Waals surface area contributed by atoms with Gasteiger partial charge in [-0.25, -0.2) is 0 Å². The number of nitrogens with zero attached hydrogens (tertiary/aromatic N) is 1. The fourth-order valence-electron chi connectivity index (χ4n) is 2.02. The number of oxime groups is 1. The van der Waals surface area contributed by atoms with Gasteiger partial charge in [0, 0.05) is 25.7 Å². The van der Waals surface area contributed by atoms with E-state index in [4.69, 9.17) is 15.7 Å². The monoisotopic (exact) mass is 279 g/mol. The van der Waals surface area contributed by atoms with Crippen LogP contribution in [0.1, 0.15) is 24.5 Å². The van der Waals surface area contributed by atoms with Crippen molar-refractivity contribution in [2.24, 2.45) is 16.8 Å². The summed E-state index contributed by atoms with van der Waals surface area (Å²) in [5.41, 5.74) is 7.54. The van der Waals surface area contributed by atoms with Gasteiger partial charge >= 0.3 is 0 Å². The number of benzene rings is 1. The van der Waals surface area contributed by atoms with E-state index in [1.54, 1.807) is 19.2 Å². The number of rotatable bonds is 6. The number of carbonyl (C=O) groups is 1. The summed E-state index contributed by atoms with van der Waals surface area (Å²) in [6.45, 7) is 4.29. The number of hydrogen-bond donors (Lipinski definition) is 3. The summed E-state index contributed by atoms with van der Waals surface area (Å²) in [5.74, 6) is -0.0346. The molecule has 6 heteroatoms. The molecule has 4 N–H and O–H groups in total. The average Bonchev–Trinajstić information content (AvgIpc) is 2.38. The standard InChI is InChI=1S/C14H21N3O3/c1-9(8-20-3)7-12(18)16-11-6-4-5-10(2)13(11)14(15)17-19/h4-6,9,19H,7-8H2,1-3H3,(H2,15,17)(H,16,18). The Bertz CT molecular complexity index is 500. The lowest BCUT2D eigenvalue weighted by atomic mass is 10.0. The maximum absolute atomic E-state index is 12.0. The second-order valence-corrected chi connectivity index (χ2v) is 4.80. The summed E-state index contributed by atoms with van der Waals surface area (Å²) >= 11 is 0. The van der Waals surface area contributed by atoms with Crippen LogP contribution in [0.15, 0.2) is 23.4 Å². The SMILES string of the molecule is COCC(C)CC(=O)Nc1cccc(C)c1/C(N)=N/O. The van der Waals surface area contributed by atoms with Crippen molar-refractivity contribution >= 4 is 17.4 Å². The topological polar surface area (TPSA) is 96.9 Å². The summed E-state index contributed by atoms with van der Waals surface area (Å²) in [4.78, 5) is 12.0. The van der Waals surface area contributed by atoms with E-state index in [0.717, 1.165) is 5.56 Å². The van der Waals surface area contributed by atoms with Crippen LogP contribution in [-0.4, -0.2) is 30.7 Å². The summed E-state index contributed by atoms with van der Waals surface area (Å²) in [6.07, 6.45) is 0.345. The van der Waals surface area contributed by atoms with Crippen LogP contribution in [0.4, 0.5) is 5.69 Å². The zero-order chi connectivity index (χ0) is 15.1. The van der Waals surface area contributed by atoms with Gasteiger partial charge in [-0.1, -0.05) is 24.2 Å². The zero-order valence-electron chi connectivity index (χ0n) is 12.0. The molecule has 0 heterocycles. The molecular formula is C14H21N3O3. The Labute approximate surface area is 118 Å². The predicted molar refractivity (Wildman–Crippen MR) is 78.0 cm³/mol. The number of carbonyl (C=O) groups excluding carboxylic acids is 1. The molecule has 1 atom stereocenters. The molecule has 0 aliphatic carbocycles. The number of nitrogens with two attached hydrogens (primary N) is 1. The van der Waals surface area contributed by atoms with E-state index in [-0.39, 0.29) is 17.7 Å². The van der Waals surface area contributed by atoms with Crippen LogP contribution in [-0.2, 0) is 9.53 Å². The van der Waals surface area contributed by atoms with Gasteiger partial charge in [-0.15, -0.1) is 0 Å². The zero-order valence-corrected chi connectivity index (χ0v) is 12.0. The highest BCUT2D eigenvalue weighted by molar-refractivity contribution is 6.06. The third-order valence-electron chi connectivity index (χ3n) is 2.90. The van der Waals surface area contributed by atoms with Crippen LogP contribution in [0.25, 0.3) is 0 Å². The lowest BCUT2D eigenvalue weighted by molar-refractivity contribution is -0.117. The molecule has 0 aromatic heterocycles. The minimum absolute atomic E-state index is 0.0247. The molecule has 1 rings (SSSR count). The molecule has 1 aromatic rings. The van der Waals surface area contributed by atoms with Gasteiger partial charge in [0.2, 0.25) is 5.91 Å². The fraction of sp³-hybridized carbons (Fsp3) is 0.429. The van der Waals surface area contributed by atoms with Crippen LogP contribution in [0.3, 0.4) is 0 Å². The molecule has 0 fully saturated rings. The van der Waals surface area contributed by atoms with Crippen LogP contribution < -0.4 is 11.1 Å². The highest BCUT2D eigenvalue weighted by Gasteiger charge is 2.14. The van der Waals surface area contributed by atoms with Gasteiger partial charge < -0.3 is 21.0 Å². The van der Waals surface area contributed by atoms with E-state index in [9.17, 15) is 4.79 Å². The highest BCUT2D eigenvalue weighted by atomic mass is 16.5. The third kappa shape index (κ3) is 4.24. The molecule has 6 nitrogen and oxygen atoms in total. The molecule has 0 saturated carbocycles. The second-order valence-electron chi connectivity index (χ2n) is 4.80. The number of nitrogens with one attached hydrogen (secondary N) is 1. The van der Waals surface area contributed by atoms with E-state index in [1.165, 1.54) is 0 Å². The highest BCUT2D eigenvalue weighted by Crippen LogP contribution is 2.20. The number of ether oxygens (including phenoxy) is 1. The molecule has 0 spiro atoms. The van der Waals surface area contributed by atoms with Gasteiger partial charge in [0.15, 0.2) is 5.84 Å². The van der Waals surface area contributed by atoms with Gasteiger partial charge in [-0.2, -0.15) is 0 Å². The maximum atomic E-state index is 12.0. The van der Waals surface area contributed by atoms with Crippen molar-refractivity contribution in [3.63, 3.8) is 0 Å². The van der Waals surface area contributed by atoms with Crippen molar-refractivity contribution in [3.8, 4) is 0 Å². The van der Waals surface area contributed by atoms with Gasteiger partial charge in [0.1, 0.15) is 0 Å². The first-order chi connectivity index (χ1) is 9.49. The van der Waals surface area contributed by atoms with Gasteiger partial charge in [-0.05, 0) is 24.5 Å². The van der Waals surface area contributed by atoms with Crippen molar-refractivity contribution in [2.75, 3.05) is 19.0 Å². The quantitative estimate of drug-likeness (QED) is 0.319. The van der Waals surface area contributed by atoms with Crippen LogP contribution >= 0.6 is 0 Å². The first-order valence-corrected chi connectivity index (χ1v) is 6.35. The molecule has 20 heavy (non-hydrogen) atoms. The first-order valence-electron chi connectivity index (χ1n) is 6.35. The van der Waals surface area contributed by atoms with E-state index in [0.29, 0.717) is 24.3 Å². The Morgan fingerprint density at radius 2 is 2.25 bits per heavy atom. The lowest BCUT2D eigenvalue weighted by Crippen LogP contribution is -2.22. The smallest absolute Gasteiger partial charge is 0.224 e. The van der Waals surface area contributed by atoms with Gasteiger partial charge in [-0.3, -0.25) is 4.79 Å². The van der Waals surface area contributed by atoms with Gasteiger partial charge in [0.05, 0.1) is 5.69 Å². The van der Waals surface area contributed by atoms with Crippen LogP contribution in [0, 0.1) is 12.8 Å². The Morgan fingerprint density at radius 1 is 1.55 bits per heavy atom. The van der Waals surface area contributed by atoms with Crippen molar-refractivity contribution in [1.82, 2.24) is 0 Å². The second kappa shape index (κ2) is 7.49. The van der Waals surface area contributed by atoms with E-state index in [2.05, 4.69) is 10.5 Å². The van der Waals surface area contributed by atoms with E-state index >= 15 is 0 Å². The molecule has 0 radical (unpaired) electrons. The number of amidine groups is 1. The fourth-order valence-corrected chi connectivity index (χ4v) is 2.02. The molecule has 0 aliphatic rings. The largest absolute Gasteiger partial charge is 0.409 e. The Balaban J connectivity index is 2.87. The molecule has 0 bridgehead atoms. The predicted octanol–water partition coefficient (Wildman–Crippen LogP) is 1.70. The number of methoxy groups -OCH3 is 1. The van der Waals surface area contributed by atoms with Crippen LogP contribution in [0.2, 0.25) is 0 Å². The number of hydrogen-bond acceptors (Lipinski definition) is 4. The third-order valence-corrected chi connectivity index (χ3v) is 2.90. The van der Waals surface area contributed by atoms with Crippen molar-refractivity contribution in [2.45, 2.75) is 20.3 Å². The maximum Gasteiger partial charge on any atom is 0.224 e. The van der Waals surface area contributed by atoms with Crippen molar-refractivity contribution in [1.29, 1.82) is 0 Å². The number of aryl methyl sites for hydroxylation is 1. The van der Waals surface area contributed by atoms with Crippen molar-refractivity contribution < 1.29 is 14.7 Å².